The van der Waals surface area contributed by atoms with Crippen molar-refractivity contribution >= 4 is 29.6 Å². The second-order valence-electron chi connectivity index (χ2n) is 5.87. The summed E-state index contributed by atoms with van der Waals surface area (Å²) in [6.45, 7) is 2.04. The summed E-state index contributed by atoms with van der Waals surface area (Å²) in [5.41, 5.74) is 3.18. The Morgan fingerprint density at radius 3 is 2.59 bits per heavy atom. The van der Waals surface area contributed by atoms with E-state index in [9.17, 15) is 18.8 Å². The van der Waals surface area contributed by atoms with E-state index in [1.165, 1.54) is 30.5 Å². The van der Waals surface area contributed by atoms with E-state index in [2.05, 4.69) is 21.2 Å². The molecule has 0 radical (unpaired) electrons. The first kappa shape index (κ1) is 21.5. The molecule has 3 amide bonds. The average molecular weight is 400 g/mol. The summed E-state index contributed by atoms with van der Waals surface area (Å²) in [5.74, 6) is -2.00. The Kier molecular flexibility index (Phi) is 8.30. The summed E-state index contributed by atoms with van der Waals surface area (Å²) >= 11 is 0. The number of anilines is 1. The van der Waals surface area contributed by atoms with Gasteiger partial charge in [-0.05, 0) is 48.4 Å². The molecule has 0 saturated carbocycles. The van der Waals surface area contributed by atoms with Crippen LogP contribution in [-0.4, -0.2) is 37.1 Å². The van der Waals surface area contributed by atoms with Gasteiger partial charge in [0.2, 0.25) is 0 Å². The Morgan fingerprint density at radius 2 is 1.86 bits per heavy atom. The zero-order valence-electron chi connectivity index (χ0n) is 15.8. The molecule has 29 heavy (non-hydrogen) atoms. The maximum atomic E-state index is 12.9. The lowest BCUT2D eigenvalue weighted by molar-refractivity contribution is -0.139. The Hall–Kier alpha value is -3.75. The molecule has 9 heteroatoms. The van der Waals surface area contributed by atoms with Gasteiger partial charge in [0.25, 0.3) is 5.91 Å². The quantitative estimate of drug-likeness (QED) is 0.357. The number of hydrazone groups is 1. The van der Waals surface area contributed by atoms with Crippen LogP contribution in [0, 0.1) is 5.82 Å². The summed E-state index contributed by atoms with van der Waals surface area (Å²) in [6.07, 6.45) is 2.06. The van der Waals surface area contributed by atoms with Crippen molar-refractivity contribution in [2.24, 2.45) is 5.10 Å². The van der Waals surface area contributed by atoms with Crippen molar-refractivity contribution in [3.8, 4) is 5.75 Å². The largest absolute Gasteiger partial charge is 0.484 e. The highest BCUT2D eigenvalue weighted by Crippen LogP contribution is 2.13. The zero-order chi connectivity index (χ0) is 21.1. The molecule has 0 fully saturated rings. The van der Waals surface area contributed by atoms with E-state index in [1.807, 2.05) is 6.92 Å². The van der Waals surface area contributed by atoms with Gasteiger partial charge in [0, 0.05) is 12.2 Å². The van der Waals surface area contributed by atoms with E-state index < -0.39 is 23.5 Å². The maximum Gasteiger partial charge on any atom is 0.329 e. The minimum atomic E-state index is -0.862. The molecule has 2 aromatic rings. The van der Waals surface area contributed by atoms with Gasteiger partial charge in [0.15, 0.2) is 6.61 Å². The summed E-state index contributed by atoms with van der Waals surface area (Å²) in [7, 11) is 0. The minimum Gasteiger partial charge on any atom is -0.484 e. The molecular formula is C20H21FN4O4. The number of halogens is 1. The molecule has 0 heterocycles. The lowest BCUT2D eigenvalue weighted by Crippen LogP contribution is -2.38. The van der Waals surface area contributed by atoms with E-state index in [-0.39, 0.29) is 6.61 Å². The first-order chi connectivity index (χ1) is 14.0. The molecule has 0 bridgehead atoms. The molecule has 3 N–H and O–H groups in total. The van der Waals surface area contributed by atoms with Gasteiger partial charge in [-0.2, -0.15) is 5.10 Å². The third kappa shape index (κ3) is 7.79. The van der Waals surface area contributed by atoms with E-state index in [0.29, 0.717) is 23.5 Å². The molecule has 0 atom stereocenters. The van der Waals surface area contributed by atoms with E-state index in [0.717, 1.165) is 6.42 Å². The third-order valence-corrected chi connectivity index (χ3v) is 3.48. The fourth-order valence-corrected chi connectivity index (χ4v) is 2.10. The van der Waals surface area contributed by atoms with Crippen LogP contribution in [0.3, 0.4) is 0 Å². The number of carbonyl (C=O) groups is 3. The van der Waals surface area contributed by atoms with Gasteiger partial charge < -0.3 is 15.4 Å². The molecule has 0 aromatic heterocycles. The molecule has 0 aliphatic heterocycles. The van der Waals surface area contributed by atoms with Crippen molar-refractivity contribution < 1.29 is 23.5 Å². The number of hydrogen-bond acceptors (Lipinski definition) is 5. The standard InChI is InChI=1S/C20H21FN4O4/c1-2-10-22-19(27)20(28)25-23-12-14-4-3-5-17(11-14)29-13-18(26)24-16-8-6-15(21)7-9-16/h3-9,11-12H,2,10,13H2,1H3,(H,22,27)(H,24,26)(H,25,28)/b23-12-. The highest BCUT2D eigenvalue weighted by Gasteiger charge is 2.10. The van der Waals surface area contributed by atoms with E-state index in [1.54, 1.807) is 24.3 Å². The number of rotatable bonds is 8. The van der Waals surface area contributed by atoms with Crippen molar-refractivity contribution in [2.75, 3.05) is 18.5 Å². The Bertz CT molecular complexity index is 884. The molecule has 0 unspecified atom stereocenters. The van der Waals surface area contributed by atoms with Crippen LogP contribution in [0.15, 0.2) is 53.6 Å². The van der Waals surface area contributed by atoms with Crippen molar-refractivity contribution in [3.05, 3.63) is 59.9 Å². The molecule has 0 aliphatic rings. The predicted octanol–water partition coefficient (Wildman–Crippen LogP) is 1.82. The van der Waals surface area contributed by atoms with Gasteiger partial charge in [0.1, 0.15) is 11.6 Å². The summed E-state index contributed by atoms with van der Waals surface area (Å²) in [4.78, 5) is 34.8. The lowest BCUT2D eigenvalue weighted by Gasteiger charge is -2.08. The summed E-state index contributed by atoms with van der Waals surface area (Å²) < 4.78 is 18.3. The Labute approximate surface area is 167 Å². The number of ether oxygens (including phenoxy) is 1. The topological polar surface area (TPSA) is 109 Å². The highest BCUT2D eigenvalue weighted by atomic mass is 19.1. The van der Waals surface area contributed by atoms with Gasteiger partial charge in [-0.3, -0.25) is 14.4 Å². The van der Waals surface area contributed by atoms with Gasteiger partial charge in [-0.1, -0.05) is 19.1 Å². The van der Waals surface area contributed by atoms with Crippen LogP contribution >= 0.6 is 0 Å². The minimum absolute atomic E-state index is 0.244. The second kappa shape index (κ2) is 11.2. The fourth-order valence-electron chi connectivity index (χ4n) is 2.10. The van der Waals surface area contributed by atoms with Crippen molar-refractivity contribution in [2.45, 2.75) is 13.3 Å². The number of hydrogen-bond donors (Lipinski definition) is 3. The molecule has 152 valence electrons. The predicted molar refractivity (Wildman–Crippen MR) is 106 cm³/mol. The fraction of sp³-hybridized carbons (Fsp3) is 0.200. The number of nitrogens with one attached hydrogen (secondary N) is 3. The number of benzene rings is 2. The smallest absolute Gasteiger partial charge is 0.329 e. The normalized spacial score (nSPS) is 10.4. The van der Waals surface area contributed by atoms with Crippen LogP contribution in [0.2, 0.25) is 0 Å². The van der Waals surface area contributed by atoms with Gasteiger partial charge in [-0.25, -0.2) is 9.82 Å². The molecule has 0 aliphatic carbocycles. The van der Waals surface area contributed by atoms with Crippen molar-refractivity contribution in [1.82, 2.24) is 10.7 Å². The maximum absolute atomic E-state index is 12.9. The number of nitrogens with zero attached hydrogens (tertiary/aromatic N) is 1. The van der Waals surface area contributed by atoms with Crippen LogP contribution < -0.4 is 20.8 Å². The van der Waals surface area contributed by atoms with Crippen LogP contribution in [0.25, 0.3) is 0 Å². The van der Waals surface area contributed by atoms with Gasteiger partial charge >= 0.3 is 11.8 Å². The second-order valence-corrected chi connectivity index (χ2v) is 5.87. The van der Waals surface area contributed by atoms with E-state index in [4.69, 9.17) is 4.74 Å². The van der Waals surface area contributed by atoms with Crippen LogP contribution in [0.1, 0.15) is 18.9 Å². The number of amides is 3. The molecule has 2 rings (SSSR count). The molecule has 0 spiro atoms. The molecule has 8 nitrogen and oxygen atoms in total. The first-order valence-corrected chi connectivity index (χ1v) is 8.87. The SMILES string of the molecule is CCCNC(=O)C(=O)N/N=C\c1cccc(OCC(=O)Nc2ccc(F)cc2)c1. The van der Waals surface area contributed by atoms with Crippen LogP contribution in [0.4, 0.5) is 10.1 Å². The van der Waals surface area contributed by atoms with Gasteiger partial charge in [0.05, 0.1) is 6.21 Å². The Balaban J connectivity index is 1.82. The monoisotopic (exact) mass is 400 g/mol. The lowest BCUT2D eigenvalue weighted by atomic mass is 10.2. The Morgan fingerprint density at radius 1 is 1.10 bits per heavy atom. The van der Waals surface area contributed by atoms with Crippen LogP contribution in [-0.2, 0) is 14.4 Å². The zero-order valence-corrected chi connectivity index (χ0v) is 15.8. The third-order valence-electron chi connectivity index (χ3n) is 3.48. The first-order valence-electron chi connectivity index (χ1n) is 8.87. The summed E-state index contributed by atoms with van der Waals surface area (Å²) in [5, 5.41) is 8.74. The highest BCUT2D eigenvalue weighted by molar-refractivity contribution is 6.35. The van der Waals surface area contributed by atoms with Crippen molar-refractivity contribution in [3.63, 3.8) is 0 Å². The van der Waals surface area contributed by atoms with Crippen LogP contribution in [0.5, 0.6) is 5.75 Å². The van der Waals surface area contributed by atoms with Crippen molar-refractivity contribution in [1.29, 1.82) is 0 Å². The van der Waals surface area contributed by atoms with E-state index >= 15 is 0 Å². The molecule has 0 saturated heterocycles. The average Bonchev–Trinajstić information content (AvgIpc) is 2.72. The summed E-state index contributed by atoms with van der Waals surface area (Å²) in [6, 6.07) is 12.0. The molecule has 2 aromatic carbocycles. The number of carbonyl (C=O) groups excluding carboxylic acids is 3. The van der Waals surface area contributed by atoms with Gasteiger partial charge in [-0.15, -0.1) is 0 Å². The molecular weight excluding hydrogens is 379 g/mol.